The summed E-state index contributed by atoms with van der Waals surface area (Å²) in [4.78, 5) is 16.7. The van der Waals surface area contributed by atoms with Gasteiger partial charge in [0, 0.05) is 24.3 Å². The minimum absolute atomic E-state index is 0.00257. The molecule has 1 saturated carbocycles. The van der Waals surface area contributed by atoms with Gasteiger partial charge in [-0.15, -0.1) is 0 Å². The lowest BCUT2D eigenvalue weighted by atomic mass is 9.89. The monoisotopic (exact) mass is 275 g/mol. The summed E-state index contributed by atoms with van der Waals surface area (Å²) >= 11 is 0. The molecular formula is C16H25N3O. The Balaban J connectivity index is 2.01. The van der Waals surface area contributed by atoms with Crippen LogP contribution in [0.15, 0.2) is 12.1 Å². The fourth-order valence-electron chi connectivity index (χ4n) is 2.87. The van der Waals surface area contributed by atoms with Crippen molar-refractivity contribution < 1.29 is 4.79 Å². The number of hydrogen-bond donors (Lipinski definition) is 2. The summed E-state index contributed by atoms with van der Waals surface area (Å²) in [6.07, 6.45) is 4.99. The van der Waals surface area contributed by atoms with Crippen LogP contribution < -0.4 is 10.6 Å². The van der Waals surface area contributed by atoms with E-state index in [1.807, 2.05) is 26.0 Å². The molecule has 110 valence electrons. The number of nitrogens with zero attached hydrogens (tertiary/aromatic N) is 1. The van der Waals surface area contributed by atoms with Gasteiger partial charge < -0.3 is 10.6 Å². The lowest BCUT2D eigenvalue weighted by molar-refractivity contribution is 0.0934. The molecule has 0 aromatic carbocycles. The van der Waals surface area contributed by atoms with Gasteiger partial charge in [0.1, 0.15) is 5.82 Å². The second-order valence-corrected chi connectivity index (χ2v) is 6.11. The molecule has 4 heteroatoms. The molecule has 1 amide bonds. The van der Waals surface area contributed by atoms with Crippen molar-refractivity contribution in [2.75, 3.05) is 18.4 Å². The smallest absolute Gasteiger partial charge is 0.251 e. The van der Waals surface area contributed by atoms with Gasteiger partial charge >= 0.3 is 0 Å². The number of amides is 1. The fraction of sp³-hybridized carbons (Fsp3) is 0.625. The SMILES string of the molecule is CCNc1cc(C(=O)NCC2(C)CCCC2)cc(C)n1. The van der Waals surface area contributed by atoms with Crippen molar-refractivity contribution in [2.24, 2.45) is 5.41 Å². The molecule has 1 aromatic rings. The van der Waals surface area contributed by atoms with E-state index in [2.05, 4.69) is 22.5 Å². The van der Waals surface area contributed by atoms with E-state index in [-0.39, 0.29) is 11.3 Å². The van der Waals surface area contributed by atoms with E-state index in [0.717, 1.165) is 24.6 Å². The van der Waals surface area contributed by atoms with Gasteiger partial charge in [-0.2, -0.15) is 0 Å². The van der Waals surface area contributed by atoms with Crippen molar-refractivity contribution in [3.05, 3.63) is 23.4 Å². The van der Waals surface area contributed by atoms with Gasteiger partial charge in [-0.1, -0.05) is 19.8 Å². The van der Waals surface area contributed by atoms with E-state index in [1.54, 1.807) is 0 Å². The number of aromatic nitrogens is 1. The number of hydrogen-bond acceptors (Lipinski definition) is 3. The number of pyridine rings is 1. The molecule has 1 aromatic heterocycles. The van der Waals surface area contributed by atoms with Gasteiger partial charge in [0.05, 0.1) is 0 Å². The molecule has 0 atom stereocenters. The van der Waals surface area contributed by atoms with Crippen LogP contribution in [0.5, 0.6) is 0 Å². The zero-order chi connectivity index (χ0) is 14.6. The Morgan fingerprint density at radius 2 is 2.05 bits per heavy atom. The Hall–Kier alpha value is -1.58. The first-order valence-electron chi connectivity index (χ1n) is 7.53. The van der Waals surface area contributed by atoms with Gasteiger partial charge in [0.25, 0.3) is 5.91 Å². The van der Waals surface area contributed by atoms with Crippen molar-refractivity contribution >= 4 is 11.7 Å². The second kappa shape index (κ2) is 6.25. The Morgan fingerprint density at radius 1 is 1.35 bits per heavy atom. The normalized spacial score (nSPS) is 16.9. The van der Waals surface area contributed by atoms with Gasteiger partial charge in [-0.25, -0.2) is 4.98 Å². The van der Waals surface area contributed by atoms with E-state index in [1.165, 1.54) is 25.7 Å². The average Bonchev–Trinajstić information content (AvgIpc) is 2.83. The lowest BCUT2D eigenvalue weighted by Crippen LogP contribution is -2.34. The Labute approximate surface area is 121 Å². The lowest BCUT2D eigenvalue weighted by Gasteiger charge is -2.23. The molecule has 0 radical (unpaired) electrons. The number of carbonyl (C=O) groups is 1. The highest BCUT2D eigenvalue weighted by Crippen LogP contribution is 2.36. The zero-order valence-electron chi connectivity index (χ0n) is 12.8. The maximum Gasteiger partial charge on any atom is 0.251 e. The average molecular weight is 275 g/mol. The third-order valence-corrected chi connectivity index (χ3v) is 4.06. The fourth-order valence-corrected chi connectivity index (χ4v) is 2.87. The topological polar surface area (TPSA) is 54.0 Å². The molecule has 4 nitrogen and oxygen atoms in total. The van der Waals surface area contributed by atoms with Crippen LogP contribution in [0, 0.1) is 12.3 Å². The predicted octanol–water partition coefficient (Wildman–Crippen LogP) is 3.13. The summed E-state index contributed by atoms with van der Waals surface area (Å²) in [6.45, 7) is 7.77. The van der Waals surface area contributed by atoms with Gasteiger partial charge in [0.15, 0.2) is 0 Å². The van der Waals surface area contributed by atoms with Crippen LogP contribution in [0.2, 0.25) is 0 Å². The van der Waals surface area contributed by atoms with Crippen molar-refractivity contribution in [3.8, 4) is 0 Å². The van der Waals surface area contributed by atoms with Gasteiger partial charge in [0.2, 0.25) is 0 Å². The first kappa shape index (κ1) is 14.8. The molecule has 1 aliphatic carbocycles. The number of nitrogens with one attached hydrogen (secondary N) is 2. The summed E-state index contributed by atoms with van der Waals surface area (Å²) in [5.74, 6) is 0.771. The molecule has 0 unspecified atom stereocenters. The Morgan fingerprint density at radius 3 is 2.70 bits per heavy atom. The van der Waals surface area contributed by atoms with Crippen LogP contribution in [-0.2, 0) is 0 Å². The molecule has 0 aliphatic heterocycles. The summed E-state index contributed by atoms with van der Waals surface area (Å²) in [5.41, 5.74) is 1.83. The number of aryl methyl sites for hydroxylation is 1. The molecule has 0 saturated heterocycles. The van der Waals surface area contributed by atoms with Crippen molar-refractivity contribution in [2.45, 2.75) is 46.5 Å². The molecule has 2 rings (SSSR count). The highest BCUT2D eigenvalue weighted by atomic mass is 16.1. The highest BCUT2D eigenvalue weighted by molar-refractivity contribution is 5.95. The minimum atomic E-state index is 0.00257. The van der Waals surface area contributed by atoms with E-state index in [0.29, 0.717) is 5.56 Å². The van der Waals surface area contributed by atoms with Crippen LogP contribution in [0.3, 0.4) is 0 Å². The third kappa shape index (κ3) is 3.71. The van der Waals surface area contributed by atoms with Gasteiger partial charge in [-0.3, -0.25) is 4.79 Å². The van der Waals surface area contributed by atoms with E-state index < -0.39 is 0 Å². The van der Waals surface area contributed by atoms with Crippen LogP contribution in [0.4, 0.5) is 5.82 Å². The van der Waals surface area contributed by atoms with Gasteiger partial charge in [-0.05, 0) is 44.2 Å². The largest absolute Gasteiger partial charge is 0.370 e. The Kier molecular flexibility index (Phi) is 4.63. The molecule has 1 aliphatic rings. The zero-order valence-corrected chi connectivity index (χ0v) is 12.8. The minimum Gasteiger partial charge on any atom is -0.370 e. The van der Waals surface area contributed by atoms with E-state index in [9.17, 15) is 4.79 Å². The molecule has 0 spiro atoms. The molecule has 1 heterocycles. The molecule has 20 heavy (non-hydrogen) atoms. The van der Waals surface area contributed by atoms with Crippen molar-refractivity contribution in [1.82, 2.24) is 10.3 Å². The summed E-state index contributed by atoms with van der Waals surface area (Å²) in [5, 5.41) is 6.24. The van der Waals surface area contributed by atoms with E-state index >= 15 is 0 Å². The summed E-state index contributed by atoms with van der Waals surface area (Å²) in [6, 6.07) is 3.66. The van der Waals surface area contributed by atoms with Crippen LogP contribution in [-0.4, -0.2) is 24.0 Å². The van der Waals surface area contributed by atoms with Crippen molar-refractivity contribution in [3.63, 3.8) is 0 Å². The summed E-state index contributed by atoms with van der Waals surface area (Å²) < 4.78 is 0. The van der Waals surface area contributed by atoms with Crippen LogP contribution in [0.25, 0.3) is 0 Å². The highest BCUT2D eigenvalue weighted by Gasteiger charge is 2.29. The maximum absolute atomic E-state index is 12.3. The maximum atomic E-state index is 12.3. The molecule has 1 fully saturated rings. The molecule has 2 N–H and O–H groups in total. The Bertz CT molecular complexity index is 479. The predicted molar refractivity (Wildman–Crippen MR) is 82.0 cm³/mol. The number of rotatable bonds is 5. The summed E-state index contributed by atoms with van der Waals surface area (Å²) in [7, 11) is 0. The standard InChI is InChI=1S/C16H25N3O/c1-4-17-14-10-13(9-12(2)19-14)15(20)18-11-16(3)7-5-6-8-16/h9-10H,4-8,11H2,1-3H3,(H,17,19)(H,18,20). The van der Waals surface area contributed by atoms with Crippen LogP contribution >= 0.6 is 0 Å². The third-order valence-electron chi connectivity index (χ3n) is 4.06. The van der Waals surface area contributed by atoms with Crippen LogP contribution in [0.1, 0.15) is 55.6 Å². The quantitative estimate of drug-likeness (QED) is 0.868. The first-order valence-corrected chi connectivity index (χ1v) is 7.53. The first-order chi connectivity index (χ1) is 9.52. The second-order valence-electron chi connectivity index (χ2n) is 6.11. The molecular weight excluding hydrogens is 250 g/mol. The van der Waals surface area contributed by atoms with Crippen molar-refractivity contribution in [1.29, 1.82) is 0 Å². The number of anilines is 1. The van der Waals surface area contributed by atoms with E-state index in [4.69, 9.17) is 0 Å². The molecule has 0 bridgehead atoms. The number of carbonyl (C=O) groups excluding carboxylic acids is 1.